The van der Waals surface area contributed by atoms with Crippen molar-refractivity contribution >= 4 is 23.3 Å². The normalized spacial score (nSPS) is 15.0. The smallest absolute Gasteiger partial charge is 0.253 e. The molecule has 5 rings (SSSR count). The van der Waals surface area contributed by atoms with E-state index in [9.17, 15) is 4.79 Å². The Hall–Kier alpha value is -3.45. The third-order valence-electron chi connectivity index (χ3n) is 5.29. The summed E-state index contributed by atoms with van der Waals surface area (Å²) in [6.07, 6.45) is 3.85. The number of fused-ring (bicyclic) bond motifs is 2. The van der Waals surface area contributed by atoms with Gasteiger partial charge in [0.05, 0.1) is 12.2 Å². The van der Waals surface area contributed by atoms with Crippen molar-refractivity contribution in [3.05, 3.63) is 90.4 Å². The van der Waals surface area contributed by atoms with E-state index in [-0.39, 0.29) is 12.0 Å². The Bertz CT molecular complexity index is 1210. The molecule has 7 heteroatoms. The van der Waals surface area contributed by atoms with E-state index in [1.165, 1.54) is 0 Å². The van der Waals surface area contributed by atoms with Gasteiger partial charge in [0.1, 0.15) is 12.3 Å². The molecule has 0 bridgehead atoms. The van der Waals surface area contributed by atoms with Gasteiger partial charge in [-0.25, -0.2) is 4.98 Å². The van der Waals surface area contributed by atoms with Crippen LogP contribution in [0.1, 0.15) is 16.1 Å². The van der Waals surface area contributed by atoms with Gasteiger partial charge < -0.3 is 18.8 Å². The minimum Gasteiger partial charge on any atom is -0.486 e. The molecule has 0 aliphatic carbocycles. The van der Waals surface area contributed by atoms with Crippen LogP contribution in [-0.2, 0) is 5.75 Å². The fourth-order valence-electron chi connectivity index (χ4n) is 3.67. The van der Waals surface area contributed by atoms with Gasteiger partial charge >= 0.3 is 0 Å². The number of pyridine rings is 1. The van der Waals surface area contributed by atoms with Crippen molar-refractivity contribution in [3.8, 4) is 11.5 Å². The lowest BCUT2D eigenvalue weighted by Gasteiger charge is -2.29. The van der Waals surface area contributed by atoms with Crippen LogP contribution in [0.2, 0.25) is 0 Å². The molecule has 162 valence electrons. The number of nitrogens with zero attached hydrogens (tertiary/aromatic N) is 3. The number of imidazole rings is 1. The first-order valence-electron chi connectivity index (χ1n) is 10.4. The molecule has 32 heavy (non-hydrogen) atoms. The number of amides is 1. The molecule has 0 fully saturated rings. The number of carbonyl (C=O) groups is 1. The second-order valence-electron chi connectivity index (χ2n) is 7.69. The lowest BCUT2D eigenvalue weighted by Crippen LogP contribution is -2.41. The van der Waals surface area contributed by atoms with E-state index in [1.54, 1.807) is 23.7 Å². The van der Waals surface area contributed by atoms with E-state index in [0.717, 1.165) is 33.5 Å². The number of carbonyl (C=O) groups excluding carboxylic acids is 1. The molecular formula is C25H23N3O3S. The SMILES string of the molecule is CN(C[C@H]1COc2ccccc2O1)C(=O)c1ccc(SCc2cn3ccccc3n2)cc1. The van der Waals surface area contributed by atoms with E-state index < -0.39 is 0 Å². The van der Waals surface area contributed by atoms with E-state index in [2.05, 4.69) is 4.98 Å². The van der Waals surface area contributed by atoms with E-state index in [0.29, 0.717) is 18.7 Å². The maximum absolute atomic E-state index is 12.9. The maximum Gasteiger partial charge on any atom is 0.253 e. The number of ether oxygens (including phenoxy) is 2. The Morgan fingerprint density at radius 1 is 1.09 bits per heavy atom. The minimum absolute atomic E-state index is 0.0376. The number of aromatic nitrogens is 2. The molecule has 2 aromatic heterocycles. The standard InChI is InChI=1S/C25H23N3O3S/c1-27(15-20-16-30-22-6-2-3-7-23(22)31-20)25(29)18-9-11-21(12-10-18)32-17-19-14-28-13-5-4-8-24(28)26-19/h2-14,20H,15-17H2,1H3/t20-/m0/s1. The van der Waals surface area contributed by atoms with Gasteiger partial charge in [-0.1, -0.05) is 18.2 Å². The highest BCUT2D eigenvalue weighted by atomic mass is 32.2. The van der Waals surface area contributed by atoms with Crippen LogP contribution in [0.25, 0.3) is 5.65 Å². The number of thioether (sulfide) groups is 1. The predicted octanol–water partition coefficient (Wildman–Crippen LogP) is 4.54. The first kappa shape index (κ1) is 20.5. The highest BCUT2D eigenvalue weighted by molar-refractivity contribution is 7.98. The van der Waals surface area contributed by atoms with E-state index in [4.69, 9.17) is 9.47 Å². The lowest BCUT2D eigenvalue weighted by atomic mass is 10.2. The van der Waals surface area contributed by atoms with Gasteiger partial charge in [0.25, 0.3) is 5.91 Å². The summed E-state index contributed by atoms with van der Waals surface area (Å²) >= 11 is 1.70. The van der Waals surface area contributed by atoms with Crippen LogP contribution in [0.4, 0.5) is 0 Å². The number of benzene rings is 2. The van der Waals surface area contributed by atoms with E-state index in [1.807, 2.05) is 83.5 Å². The summed E-state index contributed by atoms with van der Waals surface area (Å²) < 4.78 is 13.7. The predicted molar refractivity (Wildman–Crippen MR) is 125 cm³/mol. The molecule has 0 N–H and O–H groups in total. The first-order valence-corrected chi connectivity index (χ1v) is 11.4. The van der Waals surface area contributed by atoms with Crippen LogP contribution < -0.4 is 9.47 Å². The summed E-state index contributed by atoms with van der Waals surface area (Å²) in [5.74, 6) is 2.20. The molecular weight excluding hydrogens is 422 g/mol. The molecule has 0 saturated heterocycles. The summed E-state index contributed by atoms with van der Waals surface area (Å²) in [5.41, 5.74) is 2.63. The number of rotatable bonds is 6. The van der Waals surface area contributed by atoms with Gasteiger partial charge in [0.2, 0.25) is 0 Å². The minimum atomic E-state index is -0.195. The Morgan fingerprint density at radius 2 is 1.88 bits per heavy atom. The van der Waals surface area contributed by atoms with Crippen molar-refractivity contribution in [1.29, 1.82) is 0 Å². The summed E-state index contributed by atoms with van der Waals surface area (Å²) in [6, 6.07) is 21.3. The average molecular weight is 446 g/mol. The maximum atomic E-state index is 12.9. The summed E-state index contributed by atoms with van der Waals surface area (Å²) in [7, 11) is 1.79. The topological polar surface area (TPSA) is 56.1 Å². The van der Waals surface area contributed by atoms with Crippen LogP contribution in [0, 0.1) is 0 Å². The number of para-hydroxylation sites is 2. The van der Waals surface area contributed by atoms with Crippen LogP contribution in [0.5, 0.6) is 11.5 Å². The van der Waals surface area contributed by atoms with Gasteiger partial charge in [-0.2, -0.15) is 0 Å². The van der Waals surface area contributed by atoms with Crippen molar-refractivity contribution in [3.63, 3.8) is 0 Å². The third-order valence-corrected chi connectivity index (χ3v) is 6.34. The zero-order valence-electron chi connectivity index (χ0n) is 17.7. The Labute approximate surface area is 190 Å². The monoisotopic (exact) mass is 445 g/mol. The molecule has 0 saturated carbocycles. The third kappa shape index (κ3) is 4.43. The summed E-state index contributed by atoms with van der Waals surface area (Å²) in [4.78, 5) is 20.3. The van der Waals surface area contributed by atoms with Crippen molar-refractivity contribution in [2.75, 3.05) is 20.2 Å². The molecule has 1 amide bonds. The zero-order chi connectivity index (χ0) is 21.9. The fraction of sp³-hybridized carbons (Fsp3) is 0.200. The Morgan fingerprint density at radius 3 is 2.69 bits per heavy atom. The van der Waals surface area contributed by atoms with Gasteiger partial charge in [-0.3, -0.25) is 4.79 Å². The van der Waals surface area contributed by atoms with Crippen LogP contribution >= 0.6 is 11.8 Å². The average Bonchev–Trinajstić information content (AvgIpc) is 3.25. The quantitative estimate of drug-likeness (QED) is 0.408. The van der Waals surface area contributed by atoms with Gasteiger partial charge in [0, 0.05) is 35.7 Å². The number of hydrogen-bond acceptors (Lipinski definition) is 5. The van der Waals surface area contributed by atoms with Crippen molar-refractivity contribution in [2.45, 2.75) is 16.8 Å². The Balaban J connectivity index is 1.16. The van der Waals surface area contributed by atoms with E-state index >= 15 is 0 Å². The Kier molecular flexibility index (Phi) is 5.73. The molecule has 1 atom stereocenters. The van der Waals surface area contributed by atoms with Crippen molar-refractivity contribution in [2.24, 2.45) is 0 Å². The van der Waals surface area contributed by atoms with Crippen molar-refractivity contribution < 1.29 is 14.3 Å². The molecule has 0 spiro atoms. The summed E-state index contributed by atoms with van der Waals surface area (Å²) in [5, 5.41) is 0. The van der Waals surface area contributed by atoms with Gasteiger partial charge in [-0.15, -0.1) is 11.8 Å². The van der Waals surface area contributed by atoms with Crippen LogP contribution in [0.3, 0.4) is 0 Å². The number of hydrogen-bond donors (Lipinski definition) is 0. The lowest BCUT2D eigenvalue weighted by molar-refractivity contribution is 0.0521. The largest absolute Gasteiger partial charge is 0.486 e. The van der Waals surface area contributed by atoms with Gasteiger partial charge in [0.15, 0.2) is 17.6 Å². The molecule has 1 aliphatic heterocycles. The van der Waals surface area contributed by atoms with Crippen molar-refractivity contribution in [1.82, 2.24) is 14.3 Å². The molecule has 6 nitrogen and oxygen atoms in total. The molecule has 0 radical (unpaired) electrons. The van der Waals surface area contributed by atoms with Crippen LogP contribution in [0.15, 0.2) is 84.0 Å². The van der Waals surface area contributed by atoms with Crippen LogP contribution in [-0.4, -0.2) is 46.5 Å². The zero-order valence-corrected chi connectivity index (χ0v) is 18.5. The number of likely N-dealkylation sites (N-methyl/N-ethyl adjacent to an activating group) is 1. The molecule has 0 unspecified atom stereocenters. The second-order valence-corrected chi connectivity index (χ2v) is 8.74. The van der Waals surface area contributed by atoms with Gasteiger partial charge in [-0.05, 0) is 48.5 Å². The first-order chi connectivity index (χ1) is 15.7. The molecule has 2 aromatic carbocycles. The fourth-order valence-corrected chi connectivity index (χ4v) is 4.45. The second kappa shape index (κ2) is 8.96. The summed E-state index contributed by atoms with van der Waals surface area (Å²) in [6.45, 7) is 0.880. The molecule has 3 heterocycles. The molecule has 1 aliphatic rings. The highest BCUT2D eigenvalue weighted by Gasteiger charge is 2.24. The molecule has 4 aromatic rings. The highest BCUT2D eigenvalue weighted by Crippen LogP contribution is 2.31.